The smallest absolute Gasteiger partial charge is 0.213 e. The molecule has 0 saturated carbocycles. The van der Waals surface area contributed by atoms with Crippen molar-refractivity contribution in [2.24, 2.45) is 5.84 Å². The van der Waals surface area contributed by atoms with Crippen LogP contribution in [0, 0.1) is 0 Å². The molecule has 3 rings (SSSR count). The van der Waals surface area contributed by atoms with Crippen molar-refractivity contribution >= 4 is 5.82 Å². The maximum absolute atomic E-state index is 5.59. The molecule has 0 bridgehead atoms. The van der Waals surface area contributed by atoms with Gasteiger partial charge in [0.1, 0.15) is 11.5 Å². The SMILES string of the molecule is COc1cccc(-c2nc3c(c(NN)n2)CCCC3)n1. The summed E-state index contributed by atoms with van der Waals surface area (Å²) >= 11 is 0. The highest BCUT2D eigenvalue weighted by Crippen LogP contribution is 2.27. The predicted molar refractivity (Wildman–Crippen MR) is 76.3 cm³/mol. The van der Waals surface area contributed by atoms with Crippen LogP contribution < -0.4 is 16.0 Å². The first-order valence-electron chi connectivity index (χ1n) is 6.69. The van der Waals surface area contributed by atoms with Gasteiger partial charge in [0.25, 0.3) is 0 Å². The zero-order valence-corrected chi connectivity index (χ0v) is 11.4. The van der Waals surface area contributed by atoms with Crippen LogP contribution in [0.15, 0.2) is 18.2 Å². The fourth-order valence-corrected chi connectivity index (χ4v) is 2.48. The molecule has 6 heteroatoms. The molecule has 0 unspecified atom stereocenters. The van der Waals surface area contributed by atoms with Crippen molar-refractivity contribution in [3.63, 3.8) is 0 Å². The van der Waals surface area contributed by atoms with E-state index in [1.54, 1.807) is 13.2 Å². The Labute approximate surface area is 117 Å². The molecule has 2 heterocycles. The van der Waals surface area contributed by atoms with Gasteiger partial charge in [-0.05, 0) is 31.7 Å². The van der Waals surface area contributed by atoms with Gasteiger partial charge in [0.15, 0.2) is 5.82 Å². The number of rotatable bonds is 3. The molecular formula is C14H17N5O. The van der Waals surface area contributed by atoms with Crippen LogP contribution in [0.1, 0.15) is 24.1 Å². The minimum absolute atomic E-state index is 0.547. The summed E-state index contributed by atoms with van der Waals surface area (Å²) < 4.78 is 5.14. The van der Waals surface area contributed by atoms with E-state index in [4.69, 9.17) is 10.6 Å². The number of nitrogens with one attached hydrogen (secondary N) is 1. The highest BCUT2D eigenvalue weighted by atomic mass is 16.5. The molecule has 20 heavy (non-hydrogen) atoms. The number of hydrazine groups is 1. The van der Waals surface area contributed by atoms with E-state index < -0.39 is 0 Å². The quantitative estimate of drug-likeness (QED) is 0.653. The van der Waals surface area contributed by atoms with Crippen LogP contribution >= 0.6 is 0 Å². The number of aryl methyl sites for hydroxylation is 1. The largest absolute Gasteiger partial charge is 0.481 e. The highest BCUT2D eigenvalue weighted by molar-refractivity contribution is 5.57. The van der Waals surface area contributed by atoms with Gasteiger partial charge in [-0.25, -0.2) is 20.8 Å². The second-order valence-corrected chi connectivity index (χ2v) is 4.74. The molecule has 0 spiro atoms. The Morgan fingerprint density at radius 1 is 1.15 bits per heavy atom. The van der Waals surface area contributed by atoms with Gasteiger partial charge in [-0.1, -0.05) is 6.07 Å². The molecule has 104 valence electrons. The van der Waals surface area contributed by atoms with Crippen LogP contribution in [0.5, 0.6) is 5.88 Å². The van der Waals surface area contributed by atoms with Gasteiger partial charge >= 0.3 is 0 Å². The summed E-state index contributed by atoms with van der Waals surface area (Å²) in [6, 6.07) is 5.54. The molecular weight excluding hydrogens is 254 g/mol. The van der Waals surface area contributed by atoms with Gasteiger partial charge in [0.05, 0.1) is 7.11 Å². The van der Waals surface area contributed by atoms with Crippen LogP contribution in [0.2, 0.25) is 0 Å². The Balaban J connectivity index is 2.09. The third-order valence-corrected chi connectivity index (χ3v) is 3.48. The van der Waals surface area contributed by atoms with E-state index in [1.165, 1.54) is 0 Å². The van der Waals surface area contributed by atoms with Crippen molar-refractivity contribution in [2.75, 3.05) is 12.5 Å². The zero-order valence-electron chi connectivity index (χ0n) is 11.4. The Morgan fingerprint density at radius 2 is 2.00 bits per heavy atom. The molecule has 2 aromatic heterocycles. The van der Waals surface area contributed by atoms with Crippen LogP contribution in [0.3, 0.4) is 0 Å². The molecule has 0 radical (unpaired) electrons. The topological polar surface area (TPSA) is 86.0 Å². The van der Waals surface area contributed by atoms with E-state index in [1.807, 2.05) is 12.1 Å². The molecule has 3 N–H and O–H groups in total. The number of anilines is 1. The van der Waals surface area contributed by atoms with Crippen LogP contribution in [0.25, 0.3) is 11.5 Å². The van der Waals surface area contributed by atoms with Gasteiger partial charge in [0.2, 0.25) is 5.88 Å². The number of hydrogen-bond donors (Lipinski definition) is 2. The van der Waals surface area contributed by atoms with Crippen molar-refractivity contribution in [1.29, 1.82) is 0 Å². The van der Waals surface area contributed by atoms with Gasteiger partial charge in [-0.15, -0.1) is 0 Å². The number of nitrogen functional groups attached to an aromatic ring is 1. The minimum atomic E-state index is 0.547. The molecule has 0 aromatic carbocycles. The normalized spacial score (nSPS) is 13.7. The second kappa shape index (κ2) is 5.42. The molecule has 0 aliphatic heterocycles. The van der Waals surface area contributed by atoms with Crippen molar-refractivity contribution in [1.82, 2.24) is 15.0 Å². The molecule has 1 aliphatic rings. The van der Waals surface area contributed by atoms with E-state index >= 15 is 0 Å². The fraction of sp³-hybridized carbons (Fsp3) is 0.357. The molecule has 2 aromatic rings. The van der Waals surface area contributed by atoms with E-state index in [9.17, 15) is 0 Å². The number of nitrogens with zero attached hydrogens (tertiary/aromatic N) is 3. The summed E-state index contributed by atoms with van der Waals surface area (Å²) in [5, 5.41) is 0. The number of hydrogen-bond acceptors (Lipinski definition) is 6. The van der Waals surface area contributed by atoms with Gasteiger partial charge < -0.3 is 10.2 Å². The Bertz CT molecular complexity index is 612. The first-order valence-corrected chi connectivity index (χ1v) is 6.69. The molecule has 1 aliphatic carbocycles. The summed E-state index contributed by atoms with van der Waals surface area (Å²) in [7, 11) is 1.59. The third kappa shape index (κ3) is 2.30. The van der Waals surface area contributed by atoms with Gasteiger partial charge in [-0.3, -0.25) is 0 Å². The molecule has 0 fully saturated rings. The van der Waals surface area contributed by atoms with Crippen molar-refractivity contribution < 1.29 is 4.74 Å². The Kier molecular flexibility index (Phi) is 3.47. The zero-order chi connectivity index (χ0) is 13.9. The number of aromatic nitrogens is 3. The second-order valence-electron chi connectivity index (χ2n) is 4.74. The lowest BCUT2D eigenvalue weighted by molar-refractivity contribution is 0.398. The third-order valence-electron chi connectivity index (χ3n) is 3.48. The first-order chi connectivity index (χ1) is 9.81. The monoisotopic (exact) mass is 271 g/mol. The average molecular weight is 271 g/mol. The Morgan fingerprint density at radius 3 is 2.80 bits per heavy atom. The summed E-state index contributed by atoms with van der Waals surface area (Å²) in [4.78, 5) is 13.5. The van der Waals surface area contributed by atoms with E-state index in [2.05, 4.69) is 20.4 Å². The van der Waals surface area contributed by atoms with E-state index in [0.29, 0.717) is 23.2 Å². The number of fused-ring (bicyclic) bond motifs is 1. The lowest BCUT2D eigenvalue weighted by Crippen LogP contribution is -2.17. The Hall–Kier alpha value is -2.21. The number of pyridine rings is 1. The lowest BCUT2D eigenvalue weighted by Gasteiger charge is -2.18. The first kappa shape index (κ1) is 12.8. The van der Waals surface area contributed by atoms with Gasteiger partial charge in [-0.2, -0.15) is 0 Å². The van der Waals surface area contributed by atoms with Crippen LogP contribution in [-0.2, 0) is 12.8 Å². The molecule has 0 amide bonds. The minimum Gasteiger partial charge on any atom is -0.481 e. The maximum atomic E-state index is 5.59. The summed E-state index contributed by atoms with van der Waals surface area (Å²) in [6.07, 6.45) is 4.24. The summed E-state index contributed by atoms with van der Waals surface area (Å²) in [6.45, 7) is 0. The maximum Gasteiger partial charge on any atom is 0.213 e. The standard InChI is InChI=1S/C14H17N5O/c1-20-12-8-4-7-11(16-12)14-17-10-6-3-2-5-9(10)13(18-14)19-15/h4,7-8H,2-3,5-6,15H2,1H3,(H,17,18,19). The fourth-order valence-electron chi connectivity index (χ4n) is 2.48. The molecule has 6 nitrogen and oxygen atoms in total. The van der Waals surface area contributed by atoms with E-state index in [0.717, 1.165) is 36.9 Å². The van der Waals surface area contributed by atoms with Crippen molar-refractivity contribution in [3.05, 3.63) is 29.5 Å². The number of ether oxygens (including phenoxy) is 1. The molecule has 0 saturated heterocycles. The average Bonchev–Trinajstić information content (AvgIpc) is 2.53. The van der Waals surface area contributed by atoms with Crippen LogP contribution in [-0.4, -0.2) is 22.1 Å². The molecule has 0 atom stereocenters. The summed E-state index contributed by atoms with van der Waals surface area (Å²) in [5.74, 6) is 7.42. The predicted octanol–water partition coefficient (Wildman–Crippen LogP) is 1.71. The van der Waals surface area contributed by atoms with E-state index in [-0.39, 0.29) is 0 Å². The summed E-state index contributed by atoms with van der Waals surface area (Å²) in [5.41, 5.74) is 5.57. The highest BCUT2D eigenvalue weighted by Gasteiger charge is 2.18. The van der Waals surface area contributed by atoms with Crippen molar-refractivity contribution in [2.45, 2.75) is 25.7 Å². The van der Waals surface area contributed by atoms with Crippen LogP contribution in [0.4, 0.5) is 5.82 Å². The lowest BCUT2D eigenvalue weighted by atomic mass is 9.96. The van der Waals surface area contributed by atoms with Gasteiger partial charge in [0, 0.05) is 17.3 Å². The number of methoxy groups -OCH3 is 1. The van der Waals surface area contributed by atoms with Crippen molar-refractivity contribution in [3.8, 4) is 17.4 Å². The number of nitrogens with two attached hydrogens (primary N) is 1.